The van der Waals surface area contributed by atoms with Gasteiger partial charge < -0.3 is 11.1 Å². The van der Waals surface area contributed by atoms with E-state index in [1.165, 1.54) is 6.42 Å². The number of anilines is 1. The van der Waals surface area contributed by atoms with Gasteiger partial charge in [0.25, 0.3) is 0 Å². The molecular formula is C16H20N2O. The first-order valence-electron chi connectivity index (χ1n) is 6.87. The average molecular weight is 256 g/mol. The molecule has 1 saturated carbocycles. The molecular weight excluding hydrogens is 236 g/mol. The fourth-order valence-electron chi connectivity index (χ4n) is 2.14. The second-order valence-corrected chi connectivity index (χ2v) is 4.85. The summed E-state index contributed by atoms with van der Waals surface area (Å²) < 4.78 is 0. The lowest BCUT2D eigenvalue weighted by atomic mass is 9.84. The van der Waals surface area contributed by atoms with Gasteiger partial charge in [-0.15, -0.1) is 0 Å². The van der Waals surface area contributed by atoms with E-state index in [9.17, 15) is 4.79 Å². The van der Waals surface area contributed by atoms with E-state index in [0.29, 0.717) is 6.54 Å². The van der Waals surface area contributed by atoms with E-state index in [-0.39, 0.29) is 11.8 Å². The van der Waals surface area contributed by atoms with E-state index in [0.717, 1.165) is 36.1 Å². The number of hydrogen-bond donors (Lipinski definition) is 2. The van der Waals surface area contributed by atoms with Gasteiger partial charge in [-0.25, -0.2) is 0 Å². The minimum Gasteiger partial charge on any atom is -0.326 e. The number of hydrogen-bond acceptors (Lipinski definition) is 2. The predicted molar refractivity (Wildman–Crippen MR) is 77.7 cm³/mol. The highest BCUT2D eigenvalue weighted by molar-refractivity contribution is 5.93. The average Bonchev–Trinajstić information content (AvgIpc) is 2.35. The van der Waals surface area contributed by atoms with Gasteiger partial charge in [0.2, 0.25) is 5.91 Å². The van der Waals surface area contributed by atoms with Crippen molar-refractivity contribution in [2.24, 2.45) is 11.7 Å². The molecule has 19 heavy (non-hydrogen) atoms. The van der Waals surface area contributed by atoms with E-state index < -0.39 is 0 Å². The molecule has 0 radical (unpaired) electrons. The Hall–Kier alpha value is -1.79. The van der Waals surface area contributed by atoms with Crippen LogP contribution in [0.4, 0.5) is 5.69 Å². The van der Waals surface area contributed by atoms with Crippen molar-refractivity contribution in [3.8, 4) is 11.8 Å². The molecule has 2 rings (SSSR count). The molecule has 100 valence electrons. The third-order valence-electron chi connectivity index (χ3n) is 3.55. The van der Waals surface area contributed by atoms with Gasteiger partial charge in [0.1, 0.15) is 0 Å². The van der Waals surface area contributed by atoms with Crippen LogP contribution < -0.4 is 11.1 Å². The summed E-state index contributed by atoms with van der Waals surface area (Å²) >= 11 is 0. The Kier molecular flexibility index (Phi) is 4.59. The number of aryl methyl sites for hydroxylation is 1. The van der Waals surface area contributed by atoms with E-state index in [1.54, 1.807) is 0 Å². The van der Waals surface area contributed by atoms with Gasteiger partial charge in [0.05, 0.1) is 6.54 Å². The van der Waals surface area contributed by atoms with Crippen LogP contribution in [0, 0.1) is 17.8 Å². The summed E-state index contributed by atoms with van der Waals surface area (Å²) in [6.45, 7) is 2.44. The fourth-order valence-corrected chi connectivity index (χ4v) is 2.14. The maximum atomic E-state index is 12.0. The standard InChI is InChI=1S/C16H20N2O/c1-2-13-11-12(5-4-10-17)8-9-15(13)18-16(19)14-6-3-7-14/h8-9,11,14H,2-3,6-7,10,17H2,1H3,(H,18,19). The molecule has 0 unspecified atom stereocenters. The molecule has 0 spiro atoms. The first-order chi connectivity index (χ1) is 9.24. The van der Waals surface area contributed by atoms with Gasteiger partial charge in [-0.3, -0.25) is 4.79 Å². The van der Waals surface area contributed by atoms with Crippen molar-refractivity contribution in [1.29, 1.82) is 0 Å². The summed E-state index contributed by atoms with van der Waals surface area (Å²) in [6, 6.07) is 5.90. The normalized spacial score (nSPS) is 14.2. The van der Waals surface area contributed by atoms with Crippen molar-refractivity contribution in [2.75, 3.05) is 11.9 Å². The van der Waals surface area contributed by atoms with Crippen molar-refractivity contribution in [3.05, 3.63) is 29.3 Å². The number of nitrogens with two attached hydrogens (primary N) is 1. The third kappa shape index (κ3) is 3.36. The number of nitrogens with one attached hydrogen (secondary N) is 1. The summed E-state index contributed by atoms with van der Waals surface area (Å²) in [6.07, 6.45) is 4.09. The Morgan fingerprint density at radius 1 is 1.47 bits per heavy atom. The number of amides is 1. The van der Waals surface area contributed by atoms with Crippen LogP contribution in [0.1, 0.15) is 37.3 Å². The summed E-state index contributed by atoms with van der Waals surface area (Å²) in [5, 5.41) is 3.03. The molecule has 0 atom stereocenters. The Labute approximate surface area is 114 Å². The van der Waals surface area contributed by atoms with Gasteiger partial charge in [-0.2, -0.15) is 0 Å². The predicted octanol–water partition coefficient (Wildman–Crippen LogP) is 2.30. The summed E-state index contributed by atoms with van der Waals surface area (Å²) in [5.41, 5.74) is 8.35. The number of carbonyl (C=O) groups is 1. The molecule has 1 fully saturated rings. The maximum Gasteiger partial charge on any atom is 0.227 e. The first kappa shape index (κ1) is 13.6. The van der Waals surface area contributed by atoms with Crippen LogP contribution in [0.3, 0.4) is 0 Å². The van der Waals surface area contributed by atoms with Gasteiger partial charge >= 0.3 is 0 Å². The Morgan fingerprint density at radius 2 is 2.26 bits per heavy atom. The second-order valence-electron chi connectivity index (χ2n) is 4.85. The molecule has 0 aromatic heterocycles. The number of benzene rings is 1. The first-order valence-corrected chi connectivity index (χ1v) is 6.87. The van der Waals surface area contributed by atoms with Crippen molar-refractivity contribution in [3.63, 3.8) is 0 Å². The van der Waals surface area contributed by atoms with Crippen molar-refractivity contribution in [2.45, 2.75) is 32.6 Å². The minimum atomic E-state index is 0.154. The monoisotopic (exact) mass is 256 g/mol. The van der Waals surface area contributed by atoms with Crippen LogP contribution >= 0.6 is 0 Å². The van der Waals surface area contributed by atoms with Crippen LogP contribution in [0.15, 0.2) is 18.2 Å². The molecule has 1 aliphatic rings. The number of rotatable bonds is 3. The van der Waals surface area contributed by atoms with Crippen molar-refractivity contribution >= 4 is 11.6 Å². The van der Waals surface area contributed by atoms with Crippen LogP contribution in [0.2, 0.25) is 0 Å². The Morgan fingerprint density at radius 3 is 2.84 bits per heavy atom. The van der Waals surface area contributed by atoms with E-state index >= 15 is 0 Å². The van der Waals surface area contributed by atoms with Crippen LogP contribution in [0.5, 0.6) is 0 Å². The van der Waals surface area contributed by atoms with E-state index in [4.69, 9.17) is 5.73 Å². The highest BCUT2D eigenvalue weighted by atomic mass is 16.1. The number of carbonyl (C=O) groups excluding carboxylic acids is 1. The molecule has 1 aromatic rings. The molecule has 0 saturated heterocycles. The Bertz CT molecular complexity index is 521. The molecule has 3 nitrogen and oxygen atoms in total. The molecule has 3 heteroatoms. The van der Waals surface area contributed by atoms with Crippen molar-refractivity contribution in [1.82, 2.24) is 0 Å². The summed E-state index contributed by atoms with van der Waals surface area (Å²) in [7, 11) is 0. The lowest BCUT2D eigenvalue weighted by Crippen LogP contribution is -2.28. The molecule has 1 aromatic carbocycles. The second kappa shape index (κ2) is 6.40. The highest BCUT2D eigenvalue weighted by Crippen LogP contribution is 2.28. The van der Waals surface area contributed by atoms with Gasteiger partial charge in [-0.1, -0.05) is 25.2 Å². The third-order valence-corrected chi connectivity index (χ3v) is 3.55. The zero-order chi connectivity index (χ0) is 13.7. The Balaban J connectivity index is 2.13. The van der Waals surface area contributed by atoms with Crippen LogP contribution in [-0.4, -0.2) is 12.5 Å². The largest absolute Gasteiger partial charge is 0.326 e. The lowest BCUT2D eigenvalue weighted by molar-refractivity contribution is -0.122. The fraction of sp³-hybridized carbons (Fsp3) is 0.438. The molecule has 0 aliphatic heterocycles. The SMILES string of the molecule is CCc1cc(C#CCN)ccc1NC(=O)C1CCC1. The van der Waals surface area contributed by atoms with Gasteiger partial charge in [-0.05, 0) is 43.0 Å². The topological polar surface area (TPSA) is 55.1 Å². The molecule has 3 N–H and O–H groups in total. The minimum absolute atomic E-state index is 0.154. The van der Waals surface area contributed by atoms with E-state index in [1.807, 2.05) is 18.2 Å². The van der Waals surface area contributed by atoms with Gasteiger partial charge in [0.15, 0.2) is 0 Å². The lowest BCUT2D eigenvalue weighted by Gasteiger charge is -2.24. The molecule has 0 heterocycles. The molecule has 1 amide bonds. The molecule has 1 aliphatic carbocycles. The highest BCUT2D eigenvalue weighted by Gasteiger charge is 2.25. The summed E-state index contributed by atoms with van der Waals surface area (Å²) in [5.74, 6) is 6.22. The molecule has 0 bridgehead atoms. The zero-order valence-electron chi connectivity index (χ0n) is 11.3. The quantitative estimate of drug-likeness (QED) is 0.815. The van der Waals surface area contributed by atoms with Crippen LogP contribution in [-0.2, 0) is 11.2 Å². The maximum absolute atomic E-state index is 12.0. The summed E-state index contributed by atoms with van der Waals surface area (Å²) in [4.78, 5) is 12.0. The van der Waals surface area contributed by atoms with Crippen LogP contribution in [0.25, 0.3) is 0 Å². The van der Waals surface area contributed by atoms with Crippen molar-refractivity contribution < 1.29 is 4.79 Å². The zero-order valence-corrected chi connectivity index (χ0v) is 11.3. The van der Waals surface area contributed by atoms with Gasteiger partial charge in [0, 0.05) is 17.2 Å². The van der Waals surface area contributed by atoms with E-state index in [2.05, 4.69) is 24.1 Å². The smallest absolute Gasteiger partial charge is 0.227 e.